The molecule has 10 nitrogen and oxygen atoms in total. The smallest absolute Gasteiger partial charge is 0.387 e. The number of thioether (sulfide) groups is 1. The van der Waals surface area contributed by atoms with Gasteiger partial charge in [-0.2, -0.15) is 4.98 Å². The molecule has 4 N–H and O–H groups in total. The van der Waals surface area contributed by atoms with Crippen molar-refractivity contribution in [2.45, 2.75) is 62.2 Å². The lowest BCUT2D eigenvalue weighted by Gasteiger charge is -2.17. The van der Waals surface area contributed by atoms with Crippen LogP contribution in [-0.2, 0) is 13.8 Å². The van der Waals surface area contributed by atoms with Gasteiger partial charge in [-0.1, -0.05) is 26.2 Å². The van der Waals surface area contributed by atoms with E-state index < -0.39 is 44.7 Å². The first-order valence-electron chi connectivity index (χ1n) is 8.66. The van der Waals surface area contributed by atoms with Gasteiger partial charge in [-0.3, -0.25) is 9.09 Å². The molecule has 1 aromatic heterocycles. The van der Waals surface area contributed by atoms with Crippen molar-refractivity contribution in [2.75, 3.05) is 12.4 Å². The van der Waals surface area contributed by atoms with Crippen LogP contribution in [0.4, 0.5) is 0 Å². The number of rotatable bonds is 10. The lowest BCUT2D eigenvalue weighted by molar-refractivity contribution is -0.0543. The van der Waals surface area contributed by atoms with E-state index in [0.717, 1.165) is 29.6 Å². The largest absolute Gasteiger partial charge is 0.469 e. The van der Waals surface area contributed by atoms with E-state index in [-0.39, 0.29) is 0 Å². The van der Waals surface area contributed by atoms with Gasteiger partial charge < -0.3 is 24.7 Å². The molecule has 1 aromatic rings. The van der Waals surface area contributed by atoms with Gasteiger partial charge >= 0.3 is 13.5 Å². The highest BCUT2D eigenvalue weighted by Gasteiger charge is 2.45. The minimum absolute atomic E-state index is 0.558. The van der Waals surface area contributed by atoms with Gasteiger partial charge in [-0.15, -0.1) is 11.8 Å². The minimum Gasteiger partial charge on any atom is -0.387 e. The molecule has 0 bridgehead atoms. The molecule has 2 rings (SSSR count). The molecule has 2 heterocycles. The van der Waals surface area contributed by atoms with Gasteiger partial charge in [0.15, 0.2) is 6.23 Å². The number of hydrogen-bond acceptors (Lipinski definition) is 8. The summed E-state index contributed by atoms with van der Waals surface area (Å²) in [5.41, 5.74) is -0.652. The van der Waals surface area contributed by atoms with Gasteiger partial charge in [0.1, 0.15) is 23.3 Å². The third-order valence-corrected chi connectivity index (χ3v) is 5.57. The van der Waals surface area contributed by atoms with E-state index in [1.54, 1.807) is 6.07 Å². The molecular weight excluding hydrogens is 399 g/mol. The summed E-state index contributed by atoms with van der Waals surface area (Å²) in [6, 6.07) is 1.62. The van der Waals surface area contributed by atoms with Crippen LogP contribution >= 0.6 is 19.6 Å². The number of nitrogens with zero attached hydrogens (tertiary/aromatic N) is 2. The van der Waals surface area contributed by atoms with Gasteiger partial charge in [0.25, 0.3) is 0 Å². The zero-order chi connectivity index (χ0) is 20.0. The summed E-state index contributed by atoms with van der Waals surface area (Å²) >= 11 is 1.47. The predicted octanol–water partition coefficient (Wildman–Crippen LogP) is 0.644. The molecule has 12 heteroatoms. The summed E-state index contributed by atoms with van der Waals surface area (Å²) in [6.45, 7) is 1.50. The van der Waals surface area contributed by atoms with Crippen LogP contribution in [0.2, 0.25) is 0 Å². The lowest BCUT2D eigenvalue weighted by atomic mass is 10.1. The molecule has 4 atom stereocenters. The Morgan fingerprint density at radius 1 is 1.30 bits per heavy atom. The van der Waals surface area contributed by atoms with Gasteiger partial charge in [-0.25, -0.2) is 9.36 Å². The molecular formula is C15H25N2O8PS. The van der Waals surface area contributed by atoms with E-state index in [2.05, 4.69) is 16.4 Å². The maximum atomic E-state index is 12.2. The van der Waals surface area contributed by atoms with E-state index in [1.165, 1.54) is 24.4 Å². The number of aromatic nitrogens is 2. The van der Waals surface area contributed by atoms with Gasteiger partial charge in [0, 0.05) is 6.20 Å². The number of hydrogen-bond donors (Lipinski definition) is 4. The summed E-state index contributed by atoms with van der Waals surface area (Å²) in [5, 5.41) is 20.6. The van der Waals surface area contributed by atoms with E-state index in [4.69, 9.17) is 14.5 Å². The molecule has 1 aliphatic rings. The highest BCUT2D eigenvalue weighted by atomic mass is 32.2. The summed E-state index contributed by atoms with van der Waals surface area (Å²) in [6.07, 6.45) is 0.516. The monoisotopic (exact) mass is 424 g/mol. The second-order valence-corrected chi connectivity index (χ2v) is 8.55. The molecule has 1 saturated heterocycles. The van der Waals surface area contributed by atoms with Crippen molar-refractivity contribution in [1.82, 2.24) is 9.55 Å². The maximum absolute atomic E-state index is 12.2. The third kappa shape index (κ3) is 6.65. The molecule has 0 amide bonds. The average Bonchev–Trinajstić information content (AvgIpc) is 2.87. The number of aliphatic hydroxyl groups excluding tert-OH is 2. The molecule has 0 spiro atoms. The number of ether oxygens (including phenoxy) is 1. The first-order valence-corrected chi connectivity index (χ1v) is 11.2. The Labute approximate surface area is 160 Å². The number of unbranched alkanes of at least 4 members (excludes halogenated alkanes) is 3. The maximum Gasteiger partial charge on any atom is 0.469 e. The minimum atomic E-state index is -4.75. The highest BCUT2D eigenvalue weighted by molar-refractivity contribution is 7.99. The van der Waals surface area contributed by atoms with Crippen molar-refractivity contribution >= 4 is 19.6 Å². The summed E-state index contributed by atoms with van der Waals surface area (Å²) < 4.78 is 21.5. The summed E-state index contributed by atoms with van der Waals surface area (Å²) in [5.74, 6) is 0.847. The average molecular weight is 424 g/mol. The highest BCUT2D eigenvalue weighted by Crippen LogP contribution is 2.38. The zero-order valence-corrected chi connectivity index (χ0v) is 16.6. The first kappa shape index (κ1) is 22.5. The van der Waals surface area contributed by atoms with Crippen molar-refractivity contribution in [3.8, 4) is 0 Å². The van der Waals surface area contributed by atoms with Crippen LogP contribution in [0.25, 0.3) is 0 Å². The SMILES string of the molecule is CCCCCCSc1ccn([C@@H]2O[C@H](COP(=O)(O)O)[C@@H](O)[C@H]2O)c(=O)n1. The molecule has 0 saturated carbocycles. The van der Waals surface area contributed by atoms with Gasteiger partial charge in [0.05, 0.1) is 6.61 Å². The Balaban J connectivity index is 1.98. The topological polar surface area (TPSA) is 151 Å². The molecule has 0 unspecified atom stereocenters. The van der Waals surface area contributed by atoms with Crippen molar-refractivity contribution in [2.24, 2.45) is 0 Å². The van der Waals surface area contributed by atoms with Crippen LogP contribution in [0, 0.1) is 0 Å². The second kappa shape index (κ2) is 10.1. The zero-order valence-electron chi connectivity index (χ0n) is 14.9. The van der Waals surface area contributed by atoms with Crippen LogP contribution in [-0.4, -0.2) is 60.2 Å². The standard InChI is InChI=1S/C15H25N2O8PS/c1-2-3-4-5-8-27-11-6-7-17(15(20)16-11)14-13(19)12(18)10(25-14)9-24-26(21,22)23/h6-7,10,12-14,18-19H,2-5,8-9H2,1H3,(H2,21,22,23)/t10-,12-,13-,14-/m1/s1. The first-order chi connectivity index (χ1) is 12.7. The van der Waals surface area contributed by atoms with Crippen LogP contribution in [0.5, 0.6) is 0 Å². The Kier molecular flexibility index (Phi) is 8.44. The third-order valence-electron chi connectivity index (χ3n) is 4.07. The number of phosphoric ester groups is 1. The van der Waals surface area contributed by atoms with Gasteiger partial charge in [-0.05, 0) is 18.2 Å². The van der Waals surface area contributed by atoms with Crippen molar-refractivity contribution in [1.29, 1.82) is 0 Å². The van der Waals surface area contributed by atoms with Crippen LogP contribution in [0.15, 0.2) is 22.1 Å². The van der Waals surface area contributed by atoms with E-state index in [9.17, 15) is 19.6 Å². The fourth-order valence-corrected chi connectivity index (χ4v) is 3.84. The second-order valence-electron chi connectivity index (χ2n) is 6.20. The summed E-state index contributed by atoms with van der Waals surface area (Å²) in [7, 11) is -4.75. The Bertz CT molecular complexity index is 711. The van der Waals surface area contributed by atoms with Crippen LogP contribution in [0.1, 0.15) is 38.8 Å². The van der Waals surface area contributed by atoms with E-state index in [1.807, 2.05) is 0 Å². The molecule has 1 aliphatic heterocycles. The fourth-order valence-electron chi connectivity index (χ4n) is 2.64. The lowest BCUT2D eigenvalue weighted by Crippen LogP contribution is -2.36. The Hall–Kier alpha value is -0.780. The molecule has 27 heavy (non-hydrogen) atoms. The van der Waals surface area contributed by atoms with E-state index in [0.29, 0.717) is 5.03 Å². The Morgan fingerprint density at radius 3 is 2.67 bits per heavy atom. The Morgan fingerprint density at radius 2 is 2.04 bits per heavy atom. The van der Waals surface area contributed by atoms with Crippen LogP contribution < -0.4 is 5.69 Å². The molecule has 0 radical (unpaired) electrons. The number of phosphoric acid groups is 1. The molecule has 0 aliphatic carbocycles. The fraction of sp³-hybridized carbons (Fsp3) is 0.733. The normalized spacial score (nSPS) is 25.8. The number of aliphatic hydroxyl groups is 2. The molecule has 154 valence electrons. The van der Waals surface area contributed by atoms with Crippen molar-refractivity contribution < 1.29 is 33.8 Å². The van der Waals surface area contributed by atoms with Crippen molar-refractivity contribution in [3.05, 3.63) is 22.7 Å². The summed E-state index contributed by atoms with van der Waals surface area (Å²) in [4.78, 5) is 33.7. The predicted molar refractivity (Wildman–Crippen MR) is 97.3 cm³/mol. The van der Waals surface area contributed by atoms with Gasteiger partial charge in [0.2, 0.25) is 0 Å². The van der Waals surface area contributed by atoms with E-state index >= 15 is 0 Å². The van der Waals surface area contributed by atoms with Crippen molar-refractivity contribution in [3.63, 3.8) is 0 Å². The molecule has 1 fully saturated rings. The molecule has 0 aromatic carbocycles. The quantitative estimate of drug-likeness (QED) is 0.182. The van der Waals surface area contributed by atoms with Crippen LogP contribution in [0.3, 0.4) is 0 Å².